The standard InChI is InChI=1S/C23H27N3O2/c1-16-7-5-8-17(13-16)22(27)24-19-14-20-11-6-12-21(15-19)26(20)23(28)25-18-9-3-2-4-10-18/h2-5,7-10,13,19-21H,6,11-12,14-15H2,1H3,(H,24,27)(H,25,28)/t20-,21-/m0/s1. The molecule has 0 aliphatic carbocycles. The molecular weight excluding hydrogens is 350 g/mol. The van der Waals surface area contributed by atoms with E-state index in [1.165, 1.54) is 0 Å². The Morgan fingerprint density at radius 3 is 2.36 bits per heavy atom. The third-order valence-corrected chi connectivity index (χ3v) is 5.85. The number of anilines is 1. The van der Waals surface area contributed by atoms with Gasteiger partial charge in [-0.3, -0.25) is 4.79 Å². The van der Waals surface area contributed by atoms with Crippen LogP contribution in [0.1, 0.15) is 48.0 Å². The number of amides is 3. The summed E-state index contributed by atoms with van der Waals surface area (Å²) in [6.45, 7) is 1.99. The van der Waals surface area contributed by atoms with Crippen LogP contribution < -0.4 is 10.6 Å². The van der Waals surface area contributed by atoms with Gasteiger partial charge >= 0.3 is 6.03 Å². The summed E-state index contributed by atoms with van der Waals surface area (Å²) in [5.41, 5.74) is 2.60. The van der Waals surface area contributed by atoms with Crippen LogP contribution in [0.3, 0.4) is 0 Å². The van der Waals surface area contributed by atoms with Crippen molar-refractivity contribution in [1.29, 1.82) is 0 Å². The molecule has 0 saturated carbocycles. The molecule has 2 N–H and O–H groups in total. The van der Waals surface area contributed by atoms with Crippen LogP contribution in [0.2, 0.25) is 0 Å². The van der Waals surface area contributed by atoms with Gasteiger partial charge in [0.15, 0.2) is 0 Å². The summed E-state index contributed by atoms with van der Waals surface area (Å²) in [7, 11) is 0. The number of hydrogen-bond acceptors (Lipinski definition) is 2. The summed E-state index contributed by atoms with van der Waals surface area (Å²) in [4.78, 5) is 27.6. The first-order valence-electron chi connectivity index (χ1n) is 10.1. The largest absolute Gasteiger partial charge is 0.349 e. The fourth-order valence-corrected chi connectivity index (χ4v) is 4.60. The van der Waals surface area contributed by atoms with Gasteiger partial charge < -0.3 is 15.5 Å². The zero-order valence-electron chi connectivity index (χ0n) is 16.2. The fourth-order valence-electron chi connectivity index (χ4n) is 4.60. The number of aryl methyl sites for hydroxylation is 1. The predicted molar refractivity (Wildman–Crippen MR) is 110 cm³/mol. The van der Waals surface area contributed by atoms with Gasteiger partial charge in [-0.25, -0.2) is 4.79 Å². The van der Waals surface area contributed by atoms with Crippen molar-refractivity contribution in [1.82, 2.24) is 10.2 Å². The summed E-state index contributed by atoms with van der Waals surface area (Å²) in [5.74, 6) is -0.0195. The van der Waals surface area contributed by atoms with Crippen LogP contribution >= 0.6 is 0 Å². The second-order valence-corrected chi connectivity index (χ2v) is 7.95. The van der Waals surface area contributed by atoms with Crippen LogP contribution in [0.15, 0.2) is 54.6 Å². The minimum absolute atomic E-state index is 0.0195. The Morgan fingerprint density at radius 1 is 0.964 bits per heavy atom. The average molecular weight is 377 g/mol. The van der Waals surface area contributed by atoms with Crippen LogP contribution in [0.5, 0.6) is 0 Å². The van der Waals surface area contributed by atoms with Crippen LogP contribution in [0.4, 0.5) is 10.5 Å². The van der Waals surface area contributed by atoms with Crippen molar-refractivity contribution in [2.45, 2.75) is 57.2 Å². The quantitative estimate of drug-likeness (QED) is 0.836. The number of benzene rings is 2. The molecule has 4 rings (SSSR count). The number of urea groups is 1. The lowest BCUT2D eigenvalue weighted by molar-refractivity contribution is 0.0577. The smallest absolute Gasteiger partial charge is 0.322 e. The first-order chi connectivity index (χ1) is 13.6. The molecule has 146 valence electrons. The zero-order chi connectivity index (χ0) is 19.5. The number of para-hydroxylation sites is 1. The molecule has 2 saturated heterocycles. The van der Waals surface area contributed by atoms with Crippen molar-refractivity contribution in [3.05, 3.63) is 65.7 Å². The molecule has 2 aromatic rings. The molecule has 0 unspecified atom stereocenters. The molecule has 0 radical (unpaired) electrons. The number of nitrogens with zero attached hydrogens (tertiary/aromatic N) is 1. The van der Waals surface area contributed by atoms with E-state index in [4.69, 9.17) is 0 Å². The molecular formula is C23H27N3O2. The predicted octanol–water partition coefficient (Wildman–Crippen LogP) is 4.34. The van der Waals surface area contributed by atoms with Gasteiger partial charge in [-0.15, -0.1) is 0 Å². The van der Waals surface area contributed by atoms with Crippen LogP contribution in [0, 0.1) is 6.92 Å². The minimum atomic E-state index is -0.0237. The van der Waals surface area contributed by atoms with E-state index in [0.29, 0.717) is 5.56 Å². The molecule has 5 nitrogen and oxygen atoms in total. The molecule has 0 aromatic heterocycles. The van der Waals surface area contributed by atoms with Crippen LogP contribution in [0.25, 0.3) is 0 Å². The van der Waals surface area contributed by atoms with E-state index in [1.54, 1.807) is 0 Å². The summed E-state index contributed by atoms with van der Waals surface area (Å²) < 4.78 is 0. The van der Waals surface area contributed by atoms with Crippen LogP contribution in [-0.2, 0) is 0 Å². The highest BCUT2D eigenvalue weighted by Gasteiger charge is 2.41. The second-order valence-electron chi connectivity index (χ2n) is 7.95. The van der Waals surface area contributed by atoms with Gasteiger partial charge in [0.2, 0.25) is 0 Å². The lowest BCUT2D eigenvalue weighted by Gasteiger charge is -2.48. The van der Waals surface area contributed by atoms with Gasteiger partial charge in [0.1, 0.15) is 0 Å². The van der Waals surface area contributed by atoms with Crippen LogP contribution in [-0.4, -0.2) is 35.0 Å². The molecule has 2 aromatic carbocycles. The zero-order valence-corrected chi connectivity index (χ0v) is 16.2. The molecule has 2 bridgehead atoms. The molecule has 3 amide bonds. The van der Waals surface area contributed by atoms with Gasteiger partial charge in [-0.2, -0.15) is 0 Å². The lowest BCUT2D eigenvalue weighted by atomic mass is 9.82. The Morgan fingerprint density at radius 2 is 1.68 bits per heavy atom. The highest BCUT2D eigenvalue weighted by atomic mass is 16.2. The molecule has 2 fully saturated rings. The third kappa shape index (κ3) is 4.03. The number of piperidine rings is 2. The maximum Gasteiger partial charge on any atom is 0.322 e. The molecule has 2 atom stereocenters. The average Bonchev–Trinajstić information content (AvgIpc) is 2.68. The second kappa shape index (κ2) is 8.05. The number of rotatable bonds is 3. The molecule has 28 heavy (non-hydrogen) atoms. The van der Waals surface area contributed by atoms with E-state index in [1.807, 2.05) is 66.4 Å². The fraction of sp³-hybridized carbons (Fsp3) is 0.391. The van der Waals surface area contributed by atoms with Gasteiger partial charge in [-0.05, 0) is 63.3 Å². The molecule has 2 aliphatic rings. The summed E-state index contributed by atoms with van der Waals surface area (Å²) in [5, 5.41) is 6.23. The van der Waals surface area contributed by atoms with E-state index < -0.39 is 0 Å². The van der Waals surface area contributed by atoms with E-state index in [2.05, 4.69) is 10.6 Å². The molecule has 5 heteroatoms. The normalized spacial score (nSPS) is 23.8. The first-order valence-corrected chi connectivity index (χ1v) is 10.1. The Balaban J connectivity index is 1.42. The highest BCUT2D eigenvalue weighted by Crippen LogP contribution is 2.34. The van der Waals surface area contributed by atoms with Gasteiger partial charge in [0, 0.05) is 29.4 Å². The van der Waals surface area contributed by atoms with Crippen molar-refractivity contribution < 1.29 is 9.59 Å². The SMILES string of the molecule is Cc1cccc(C(=O)NC2C[C@@H]3CCC[C@@H](C2)N3C(=O)Nc2ccccc2)c1. The number of nitrogens with one attached hydrogen (secondary N) is 2. The minimum Gasteiger partial charge on any atom is -0.349 e. The first kappa shape index (κ1) is 18.5. The number of carbonyl (C=O) groups is 2. The molecule has 0 spiro atoms. The number of carbonyl (C=O) groups excluding carboxylic acids is 2. The maximum atomic E-state index is 12.9. The van der Waals surface area contributed by atoms with Gasteiger partial charge in [0.05, 0.1) is 0 Å². The lowest BCUT2D eigenvalue weighted by Crippen LogP contribution is -2.59. The molecule has 2 aliphatic heterocycles. The molecule has 2 heterocycles. The Bertz CT molecular complexity index is 838. The topological polar surface area (TPSA) is 61.4 Å². The Labute approximate surface area is 166 Å². The number of hydrogen-bond donors (Lipinski definition) is 2. The summed E-state index contributed by atoms with van der Waals surface area (Å²) in [6, 6.07) is 17.7. The third-order valence-electron chi connectivity index (χ3n) is 5.85. The van der Waals surface area contributed by atoms with Crippen molar-refractivity contribution in [2.24, 2.45) is 0 Å². The monoisotopic (exact) mass is 377 g/mol. The Hall–Kier alpha value is -2.82. The van der Waals surface area contributed by atoms with Crippen molar-refractivity contribution >= 4 is 17.6 Å². The van der Waals surface area contributed by atoms with E-state index in [-0.39, 0.29) is 30.1 Å². The maximum absolute atomic E-state index is 12.9. The van der Waals surface area contributed by atoms with Crippen molar-refractivity contribution in [3.63, 3.8) is 0 Å². The highest BCUT2D eigenvalue weighted by molar-refractivity contribution is 5.94. The number of fused-ring (bicyclic) bond motifs is 2. The van der Waals surface area contributed by atoms with Crippen molar-refractivity contribution in [3.8, 4) is 0 Å². The van der Waals surface area contributed by atoms with E-state index >= 15 is 0 Å². The van der Waals surface area contributed by atoms with Gasteiger partial charge in [0.25, 0.3) is 5.91 Å². The summed E-state index contributed by atoms with van der Waals surface area (Å²) in [6.07, 6.45) is 4.76. The van der Waals surface area contributed by atoms with Crippen molar-refractivity contribution in [2.75, 3.05) is 5.32 Å². The van der Waals surface area contributed by atoms with E-state index in [0.717, 1.165) is 43.4 Å². The van der Waals surface area contributed by atoms with E-state index in [9.17, 15) is 9.59 Å². The van der Waals surface area contributed by atoms with Gasteiger partial charge in [-0.1, -0.05) is 35.9 Å². The summed E-state index contributed by atoms with van der Waals surface area (Å²) >= 11 is 0. The Kier molecular flexibility index (Phi) is 5.33.